The third kappa shape index (κ3) is 3.89. The van der Waals surface area contributed by atoms with Crippen molar-refractivity contribution in [3.05, 3.63) is 77.4 Å². The van der Waals surface area contributed by atoms with Crippen LogP contribution in [-0.2, 0) is 0 Å². The Morgan fingerprint density at radius 3 is 2.52 bits per heavy atom. The van der Waals surface area contributed by atoms with Crippen LogP contribution in [0.2, 0.25) is 0 Å². The molecule has 2 aromatic carbocycles. The second kappa shape index (κ2) is 6.96. The van der Waals surface area contributed by atoms with Crippen molar-refractivity contribution < 1.29 is 14.0 Å². The van der Waals surface area contributed by atoms with Crippen molar-refractivity contribution in [1.29, 1.82) is 0 Å². The maximum atomic E-state index is 12.9. The first-order chi connectivity index (χ1) is 12.0. The topological polar surface area (TPSA) is 86.9 Å². The van der Waals surface area contributed by atoms with Gasteiger partial charge in [0.25, 0.3) is 11.8 Å². The lowest BCUT2D eigenvalue weighted by Gasteiger charge is -2.07. The summed E-state index contributed by atoms with van der Waals surface area (Å²) in [5.41, 5.74) is 2.14. The SMILES string of the molecule is Cc1cccc(C(=O)Nc2c[nH]nc2C(=O)Nc2ccc(F)cc2)c1. The number of carbonyl (C=O) groups excluding carboxylic acids is 2. The Bertz CT molecular complexity index is 919. The summed E-state index contributed by atoms with van der Waals surface area (Å²) in [5, 5.41) is 11.7. The van der Waals surface area contributed by atoms with Crippen LogP contribution in [0.5, 0.6) is 0 Å². The van der Waals surface area contributed by atoms with Gasteiger partial charge in [0.1, 0.15) is 5.82 Å². The van der Waals surface area contributed by atoms with E-state index < -0.39 is 11.7 Å². The van der Waals surface area contributed by atoms with Crippen LogP contribution in [0.15, 0.2) is 54.7 Å². The van der Waals surface area contributed by atoms with Gasteiger partial charge in [-0.25, -0.2) is 4.39 Å². The lowest BCUT2D eigenvalue weighted by Crippen LogP contribution is -2.18. The van der Waals surface area contributed by atoms with E-state index in [-0.39, 0.29) is 17.3 Å². The van der Waals surface area contributed by atoms with Crippen LogP contribution in [-0.4, -0.2) is 22.0 Å². The second-order valence-corrected chi connectivity index (χ2v) is 5.43. The number of nitrogens with zero attached hydrogens (tertiary/aromatic N) is 1. The molecule has 3 N–H and O–H groups in total. The van der Waals surface area contributed by atoms with E-state index in [1.54, 1.807) is 18.2 Å². The zero-order valence-electron chi connectivity index (χ0n) is 13.3. The summed E-state index contributed by atoms with van der Waals surface area (Å²) >= 11 is 0. The van der Waals surface area contributed by atoms with E-state index in [2.05, 4.69) is 20.8 Å². The van der Waals surface area contributed by atoms with E-state index in [1.807, 2.05) is 13.0 Å². The summed E-state index contributed by atoms with van der Waals surface area (Å²) in [5.74, 6) is -1.27. The summed E-state index contributed by atoms with van der Waals surface area (Å²) in [6.45, 7) is 1.89. The van der Waals surface area contributed by atoms with E-state index in [1.165, 1.54) is 30.5 Å². The largest absolute Gasteiger partial charge is 0.321 e. The average molecular weight is 338 g/mol. The first-order valence-electron chi connectivity index (χ1n) is 7.51. The van der Waals surface area contributed by atoms with Gasteiger partial charge in [0.15, 0.2) is 5.69 Å². The molecule has 0 fully saturated rings. The highest BCUT2D eigenvalue weighted by molar-refractivity contribution is 6.11. The molecule has 6 nitrogen and oxygen atoms in total. The quantitative estimate of drug-likeness (QED) is 0.682. The molecule has 0 aliphatic rings. The number of hydrogen-bond donors (Lipinski definition) is 3. The fourth-order valence-electron chi connectivity index (χ4n) is 2.26. The number of hydrogen-bond acceptors (Lipinski definition) is 3. The van der Waals surface area contributed by atoms with Crippen LogP contribution >= 0.6 is 0 Å². The van der Waals surface area contributed by atoms with Crippen molar-refractivity contribution in [3.8, 4) is 0 Å². The van der Waals surface area contributed by atoms with Gasteiger partial charge in [0.05, 0.1) is 5.69 Å². The highest BCUT2D eigenvalue weighted by atomic mass is 19.1. The molecule has 1 aromatic heterocycles. The van der Waals surface area contributed by atoms with Crippen molar-refractivity contribution in [2.45, 2.75) is 6.92 Å². The van der Waals surface area contributed by atoms with Gasteiger partial charge in [-0.1, -0.05) is 17.7 Å². The summed E-state index contributed by atoms with van der Waals surface area (Å²) in [4.78, 5) is 24.6. The van der Waals surface area contributed by atoms with Crippen LogP contribution in [0.4, 0.5) is 15.8 Å². The third-order valence-corrected chi connectivity index (χ3v) is 3.49. The highest BCUT2D eigenvalue weighted by Crippen LogP contribution is 2.16. The van der Waals surface area contributed by atoms with Gasteiger partial charge in [-0.2, -0.15) is 5.10 Å². The van der Waals surface area contributed by atoms with Crippen LogP contribution < -0.4 is 10.6 Å². The van der Waals surface area contributed by atoms with E-state index in [0.29, 0.717) is 11.3 Å². The standard InChI is InChI=1S/C18H15FN4O2/c1-11-3-2-4-12(9-11)17(24)22-15-10-20-23-16(15)18(25)21-14-7-5-13(19)6-8-14/h2-10H,1H3,(H,20,23)(H,21,25)(H,22,24). The minimum atomic E-state index is -0.521. The number of rotatable bonds is 4. The third-order valence-electron chi connectivity index (χ3n) is 3.49. The summed E-state index contributed by atoms with van der Waals surface area (Å²) in [7, 11) is 0. The van der Waals surface area contributed by atoms with Gasteiger partial charge in [0.2, 0.25) is 0 Å². The normalized spacial score (nSPS) is 10.3. The van der Waals surface area contributed by atoms with Crippen LogP contribution in [0.3, 0.4) is 0 Å². The Labute approximate surface area is 143 Å². The Morgan fingerprint density at radius 2 is 1.80 bits per heavy atom. The second-order valence-electron chi connectivity index (χ2n) is 5.43. The van der Waals surface area contributed by atoms with Crippen LogP contribution in [0, 0.1) is 12.7 Å². The molecule has 7 heteroatoms. The number of benzene rings is 2. The van der Waals surface area contributed by atoms with Crippen molar-refractivity contribution in [1.82, 2.24) is 10.2 Å². The summed E-state index contributed by atoms with van der Waals surface area (Å²) in [6, 6.07) is 12.4. The van der Waals surface area contributed by atoms with Crippen molar-refractivity contribution in [2.24, 2.45) is 0 Å². The number of halogens is 1. The maximum Gasteiger partial charge on any atom is 0.278 e. The number of aromatic nitrogens is 2. The summed E-state index contributed by atoms with van der Waals surface area (Å²) < 4.78 is 12.9. The minimum Gasteiger partial charge on any atom is -0.321 e. The monoisotopic (exact) mass is 338 g/mol. The van der Waals surface area contributed by atoms with Crippen LogP contribution in [0.1, 0.15) is 26.4 Å². The first-order valence-corrected chi connectivity index (χ1v) is 7.51. The number of aryl methyl sites for hydroxylation is 1. The predicted octanol–water partition coefficient (Wildman–Crippen LogP) is 3.36. The predicted molar refractivity (Wildman–Crippen MR) is 92.1 cm³/mol. The number of anilines is 2. The van der Waals surface area contributed by atoms with E-state index in [9.17, 15) is 14.0 Å². The highest BCUT2D eigenvalue weighted by Gasteiger charge is 2.17. The van der Waals surface area contributed by atoms with Crippen molar-refractivity contribution in [2.75, 3.05) is 10.6 Å². The fourth-order valence-corrected chi connectivity index (χ4v) is 2.26. The molecule has 1 heterocycles. The Balaban J connectivity index is 1.74. The number of aromatic amines is 1. The Kier molecular flexibility index (Phi) is 4.56. The molecule has 0 aliphatic heterocycles. The van der Waals surface area contributed by atoms with E-state index in [4.69, 9.17) is 0 Å². The molecule has 0 bridgehead atoms. The molecule has 2 amide bonds. The first kappa shape index (κ1) is 16.4. The molecule has 0 aliphatic carbocycles. The molecule has 0 saturated heterocycles. The van der Waals surface area contributed by atoms with Gasteiger partial charge in [-0.05, 0) is 43.3 Å². The molecule has 0 spiro atoms. The molecular formula is C18H15FN4O2. The molecule has 0 saturated carbocycles. The molecule has 3 aromatic rings. The number of nitrogens with one attached hydrogen (secondary N) is 3. The van der Waals surface area contributed by atoms with Crippen LogP contribution in [0.25, 0.3) is 0 Å². The van der Waals surface area contributed by atoms with E-state index in [0.717, 1.165) is 5.56 Å². The zero-order valence-corrected chi connectivity index (χ0v) is 13.3. The zero-order chi connectivity index (χ0) is 17.8. The average Bonchev–Trinajstić information content (AvgIpc) is 3.05. The van der Waals surface area contributed by atoms with E-state index >= 15 is 0 Å². The van der Waals surface area contributed by atoms with Crippen molar-refractivity contribution in [3.63, 3.8) is 0 Å². The van der Waals surface area contributed by atoms with Gasteiger partial charge in [-0.15, -0.1) is 0 Å². The molecule has 3 rings (SSSR count). The van der Waals surface area contributed by atoms with Crippen molar-refractivity contribution >= 4 is 23.2 Å². The molecule has 0 radical (unpaired) electrons. The molecular weight excluding hydrogens is 323 g/mol. The Hall–Kier alpha value is -3.48. The number of amides is 2. The fraction of sp³-hybridized carbons (Fsp3) is 0.0556. The molecule has 0 unspecified atom stereocenters. The van der Waals surface area contributed by atoms with Gasteiger partial charge < -0.3 is 10.6 Å². The van der Waals surface area contributed by atoms with Gasteiger partial charge in [-0.3, -0.25) is 14.7 Å². The lowest BCUT2D eigenvalue weighted by atomic mass is 10.1. The number of carbonyl (C=O) groups is 2. The Morgan fingerprint density at radius 1 is 1.04 bits per heavy atom. The van der Waals surface area contributed by atoms with Gasteiger partial charge >= 0.3 is 0 Å². The molecule has 0 atom stereocenters. The lowest BCUT2D eigenvalue weighted by molar-refractivity contribution is 0.102. The molecule has 126 valence electrons. The maximum absolute atomic E-state index is 12.9. The van der Waals surface area contributed by atoms with Gasteiger partial charge in [0, 0.05) is 17.4 Å². The minimum absolute atomic E-state index is 0.0327. The molecule has 25 heavy (non-hydrogen) atoms. The number of H-pyrrole nitrogens is 1. The smallest absolute Gasteiger partial charge is 0.278 e. The summed E-state index contributed by atoms with van der Waals surface area (Å²) in [6.07, 6.45) is 1.42.